The molecular weight excluding hydrogens is 442 g/mol. The van der Waals surface area contributed by atoms with Gasteiger partial charge in [0.25, 0.3) is 11.8 Å². The molecule has 34 heavy (non-hydrogen) atoms. The number of rotatable bonds is 7. The zero-order valence-electron chi connectivity index (χ0n) is 18.8. The van der Waals surface area contributed by atoms with Crippen LogP contribution in [0.15, 0.2) is 36.5 Å². The van der Waals surface area contributed by atoms with Gasteiger partial charge in [-0.15, -0.1) is 0 Å². The molecule has 2 aromatic heterocycles. The predicted molar refractivity (Wildman–Crippen MR) is 122 cm³/mol. The Hall–Kier alpha value is -3.36. The van der Waals surface area contributed by atoms with Crippen molar-refractivity contribution in [1.29, 1.82) is 0 Å². The van der Waals surface area contributed by atoms with Crippen LogP contribution in [0.25, 0.3) is 10.9 Å². The Morgan fingerprint density at radius 2 is 1.94 bits per heavy atom. The fraction of sp³-hybridized carbons (Fsp3) is 0.440. The number of aldehydes is 1. The summed E-state index contributed by atoms with van der Waals surface area (Å²) in [5, 5.41) is 8.35. The summed E-state index contributed by atoms with van der Waals surface area (Å²) >= 11 is 0. The molecule has 2 heterocycles. The molecule has 1 N–H and O–H groups in total. The van der Waals surface area contributed by atoms with Crippen molar-refractivity contribution in [3.05, 3.63) is 47.9 Å². The molecule has 0 unspecified atom stereocenters. The summed E-state index contributed by atoms with van der Waals surface area (Å²) in [6, 6.07) is 7.81. The number of nitrogens with one attached hydrogen (secondary N) is 1. The topological polar surface area (TPSA) is 86.1 Å². The Kier molecular flexibility index (Phi) is 5.79. The third kappa shape index (κ3) is 4.78. The van der Waals surface area contributed by atoms with Gasteiger partial charge in [-0.1, -0.05) is 6.07 Å². The van der Waals surface area contributed by atoms with Crippen LogP contribution < -0.4 is 10.1 Å². The summed E-state index contributed by atoms with van der Waals surface area (Å²) in [5.41, 5.74) is 0.635. The van der Waals surface area contributed by atoms with E-state index < -0.39 is 17.5 Å². The van der Waals surface area contributed by atoms with Gasteiger partial charge in [0.05, 0.1) is 23.3 Å². The maximum Gasteiger partial charge on any atom is 0.287 e. The highest BCUT2D eigenvalue weighted by molar-refractivity contribution is 6.05. The Bertz CT molecular complexity index is 1220. The summed E-state index contributed by atoms with van der Waals surface area (Å²) in [6.07, 6.45) is 8.42. The first-order valence-electron chi connectivity index (χ1n) is 11.6. The van der Waals surface area contributed by atoms with Crippen LogP contribution in [0.3, 0.4) is 0 Å². The van der Waals surface area contributed by atoms with E-state index in [-0.39, 0.29) is 23.8 Å². The predicted octanol–water partition coefficient (Wildman–Crippen LogP) is 5.27. The summed E-state index contributed by atoms with van der Waals surface area (Å²) in [4.78, 5) is 27.8. The second-order valence-electron chi connectivity index (χ2n) is 9.29. The Morgan fingerprint density at radius 3 is 2.62 bits per heavy atom. The zero-order valence-corrected chi connectivity index (χ0v) is 18.8. The average molecular weight is 469 g/mol. The molecule has 1 amide bonds. The summed E-state index contributed by atoms with van der Waals surface area (Å²) in [6.45, 7) is 0.746. The van der Waals surface area contributed by atoms with Crippen molar-refractivity contribution in [2.24, 2.45) is 5.92 Å². The molecule has 0 bridgehead atoms. The van der Waals surface area contributed by atoms with Gasteiger partial charge in [0.15, 0.2) is 0 Å². The molecule has 0 saturated heterocycles. The van der Waals surface area contributed by atoms with Crippen LogP contribution >= 0.6 is 0 Å². The van der Waals surface area contributed by atoms with Crippen molar-refractivity contribution in [2.75, 3.05) is 5.32 Å². The van der Waals surface area contributed by atoms with Crippen molar-refractivity contribution in [2.45, 2.75) is 63.5 Å². The quantitative estimate of drug-likeness (QED) is 0.478. The molecule has 178 valence electrons. The number of amides is 1. The normalized spacial score (nSPS) is 20.8. The minimum atomic E-state index is -3.14. The highest BCUT2D eigenvalue weighted by atomic mass is 19.3. The Labute approximate surface area is 195 Å². The van der Waals surface area contributed by atoms with Gasteiger partial charge in [0.2, 0.25) is 0 Å². The Morgan fingerprint density at radius 1 is 1.18 bits per heavy atom. The van der Waals surface area contributed by atoms with Gasteiger partial charge in [-0.3, -0.25) is 9.48 Å². The van der Waals surface area contributed by atoms with Gasteiger partial charge in [0.1, 0.15) is 23.4 Å². The molecule has 0 radical (unpaired) electrons. The summed E-state index contributed by atoms with van der Waals surface area (Å²) in [5.74, 6) is -3.11. The Balaban J connectivity index is 1.42. The minimum Gasteiger partial charge on any atom is -0.488 e. The first-order valence-corrected chi connectivity index (χ1v) is 11.6. The maximum atomic E-state index is 13.7. The van der Waals surface area contributed by atoms with Crippen molar-refractivity contribution in [3.63, 3.8) is 0 Å². The van der Waals surface area contributed by atoms with Gasteiger partial charge < -0.3 is 14.8 Å². The number of anilines is 1. The third-order valence-electron chi connectivity index (χ3n) is 6.43. The van der Waals surface area contributed by atoms with Crippen molar-refractivity contribution < 1.29 is 23.1 Å². The number of pyridine rings is 1. The van der Waals surface area contributed by atoms with E-state index in [0.29, 0.717) is 11.4 Å². The number of alkyl halides is 2. The molecule has 0 spiro atoms. The van der Waals surface area contributed by atoms with Crippen LogP contribution in [-0.2, 0) is 10.7 Å². The number of hydrogen-bond donors (Lipinski definition) is 1. The molecule has 5 rings (SSSR count). The van der Waals surface area contributed by atoms with E-state index in [0.717, 1.165) is 62.6 Å². The first-order chi connectivity index (χ1) is 16.3. The van der Waals surface area contributed by atoms with Crippen molar-refractivity contribution in [3.8, 4) is 5.75 Å². The standard InChI is InChI=1S/C25H26F2N4O3/c1-25(26,27)23-4-2-3-19(28-23)24(33)29-21-11-16-13-31(17-7-5-15(14-32)6-8-17)30-20(16)12-22(21)34-18-9-10-18/h2-4,11-15,17-18H,5-10H2,1H3,(H,29,33). The molecule has 0 aliphatic heterocycles. The number of nitrogens with zero attached hydrogens (tertiary/aromatic N) is 3. The lowest BCUT2D eigenvalue weighted by molar-refractivity contribution is -0.112. The van der Waals surface area contributed by atoms with Gasteiger partial charge in [0, 0.05) is 30.5 Å². The lowest BCUT2D eigenvalue weighted by Crippen LogP contribution is -2.19. The highest BCUT2D eigenvalue weighted by Crippen LogP contribution is 2.37. The van der Waals surface area contributed by atoms with Crippen LogP contribution in [0.4, 0.5) is 14.5 Å². The van der Waals surface area contributed by atoms with Gasteiger partial charge in [-0.25, -0.2) is 4.98 Å². The molecule has 2 aliphatic rings. The van der Waals surface area contributed by atoms with Crippen LogP contribution in [0, 0.1) is 5.92 Å². The zero-order chi connectivity index (χ0) is 23.9. The summed E-state index contributed by atoms with van der Waals surface area (Å²) < 4.78 is 35.3. The number of hydrogen-bond acceptors (Lipinski definition) is 5. The molecule has 1 aromatic carbocycles. The fourth-order valence-electron chi connectivity index (χ4n) is 4.31. The van der Waals surface area contributed by atoms with Crippen LogP contribution in [0.2, 0.25) is 0 Å². The van der Waals surface area contributed by atoms with E-state index in [2.05, 4.69) is 10.3 Å². The highest BCUT2D eigenvalue weighted by Gasteiger charge is 2.29. The molecule has 7 nitrogen and oxygen atoms in total. The second kappa shape index (κ2) is 8.77. The molecule has 9 heteroatoms. The molecule has 2 aliphatic carbocycles. The molecular formula is C25H26F2N4O3. The number of benzene rings is 1. The SMILES string of the molecule is CC(F)(F)c1cccc(C(=O)Nc2cc3cn(C4CCC(C=O)CC4)nc3cc2OC2CC2)n1. The minimum absolute atomic E-state index is 0.0917. The van der Waals surface area contributed by atoms with E-state index in [4.69, 9.17) is 9.84 Å². The number of carbonyl (C=O) groups is 2. The van der Waals surface area contributed by atoms with Crippen LogP contribution in [-0.4, -0.2) is 33.1 Å². The smallest absolute Gasteiger partial charge is 0.287 e. The van der Waals surface area contributed by atoms with E-state index in [1.807, 2.05) is 10.9 Å². The third-order valence-corrected chi connectivity index (χ3v) is 6.43. The number of ether oxygens (including phenoxy) is 1. The number of fused-ring (bicyclic) bond motifs is 1. The van der Waals surface area contributed by atoms with Crippen LogP contribution in [0.1, 0.15) is 67.7 Å². The molecule has 2 saturated carbocycles. The van der Waals surface area contributed by atoms with Gasteiger partial charge in [-0.2, -0.15) is 13.9 Å². The molecule has 2 fully saturated rings. The largest absolute Gasteiger partial charge is 0.488 e. The lowest BCUT2D eigenvalue weighted by atomic mass is 9.87. The lowest BCUT2D eigenvalue weighted by Gasteiger charge is -2.25. The average Bonchev–Trinajstić information content (AvgIpc) is 3.55. The number of aromatic nitrogens is 3. The monoisotopic (exact) mass is 468 g/mol. The fourth-order valence-corrected chi connectivity index (χ4v) is 4.31. The van der Waals surface area contributed by atoms with E-state index in [1.165, 1.54) is 18.2 Å². The van der Waals surface area contributed by atoms with Crippen LogP contribution in [0.5, 0.6) is 5.75 Å². The number of halogens is 2. The first kappa shape index (κ1) is 22.4. The maximum absolute atomic E-state index is 13.7. The van der Waals surface area contributed by atoms with E-state index >= 15 is 0 Å². The van der Waals surface area contributed by atoms with Gasteiger partial charge >= 0.3 is 0 Å². The summed E-state index contributed by atoms with van der Waals surface area (Å²) in [7, 11) is 0. The van der Waals surface area contributed by atoms with Crippen molar-refractivity contribution >= 4 is 28.8 Å². The van der Waals surface area contributed by atoms with Crippen molar-refractivity contribution in [1.82, 2.24) is 14.8 Å². The molecule has 3 aromatic rings. The number of carbonyl (C=O) groups excluding carboxylic acids is 2. The molecule has 0 atom stereocenters. The van der Waals surface area contributed by atoms with E-state index in [1.54, 1.807) is 12.1 Å². The van der Waals surface area contributed by atoms with Gasteiger partial charge in [-0.05, 0) is 56.7 Å². The van der Waals surface area contributed by atoms with E-state index in [9.17, 15) is 18.4 Å². The second-order valence-corrected chi connectivity index (χ2v) is 9.29.